The highest BCUT2D eigenvalue weighted by Gasteiger charge is 2.15. The van der Waals surface area contributed by atoms with E-state index in [9.17, 15) is 9.18 Å². The van der Waals surface area contributed by atoms with E-state index in [1.54, 1.807) is 50.0 Å². The molecule has 0 unspecified atom stereocenters. The Hall–Kier alpha value is -2.88. The summed E-state index contributed by atoms with van der Waals surface area (Å²) in [5.74, 6) is -0.367. The van der Waals surface area contributed by atoms with Gasteiger partial charge in [-0.15, -0.1) is 0 Å². The van der Waals surface area contributed by atoms with Crippen LogP contribution in [-0.2, 0) is 17.7 Å². The average Bonchev–Trinajstić information content (AvgIpc) is 2.96. The fourth-order valence-corrected chi connectivity index (χ4v) is 2.21. The number of halogens is 1. The largest absolute Gasteiger partial charge is 0.444 e. The van der Waals surface area contributed by atoms with Crippen molar-refractivity contribution in [2.24, 2.45) is 0 Å². The molecule has 0 aliphatic rings. The van der Waals surface area contributed by atoms with E-state index in [4.69, 9.17) is 10.00 Å². The van der Waals surface area contributed by atoms with Gasteiger partial charge in [0.05, 0.1) is 25.2 Å². The Kier molecular flexibility index (Phi) is 5.75. The molecule has 0 saturated carbocycles. The number of ether oxygens (including phenoxy) is 1. The molecule has 1 aromatic heterocycles. The van der Waals surface area contributed by atoms with Crippen molar-refractivity contribution in [3.8, 4) is 17.2 Å². The van der Waals surface area contributed by atoms with Gasteiger partial charge in [-0.25, -0.2) is 9.18 Å². The Morgan fingerprint density at radius 2 is 2.20 bits per heavy atom. The minimum atomic E-state index is -0.547. The summed E-state index contributed by atoms with van der Waals surface area (Å²) in [5, 5.41) is 15.6. The lowest BCUT2D eigenvalue weighted by Gasteiger charge is -2.19. The van der Waals surface area contributed by atoms with E-state index in [1.165, 1.54) is 6.07 Å². The molecule has 0 spiro atoms. The van der Waals surface area contributed by atoms with Crippen LogP contribution in [0.3, 0.4) is 0 Å². The molecule has 6 nitrogen and oxygen atoms in total. The number of amides is 1. The minimum Gasteiger partial charge on any atom is -0.444 e. The molecule has 0 saturated heterocycles. The highest BCUT2D eigenvalue weighted by molar-refractivity contribution is 5.67. The van der Waals surface area contributed by atoms with Crippen LogP contribution in [-0.4, -0.2) is 28.0 Å². The van der Waals surface area contributed by atoms with Crippen LogP contribution >= 0.6 is 0 Å². The first kappa shape index (κ1) is 18.5. The van der Waals surface area contributed by atoms with Crippen LogP contribution in [0.25, 0.3) is 11.1 Å². The van der Waals surface area contributed by atoms with Gasteiger partial charge in [-0.1, -0.05) is 6.07 Å². The van der Waals surface area contributed by atoms with Crippen LogP contribution in [0.4, 0.5) is 9.18 Å². The van der Waals surface area contributed by atoms with E-state index in [1.807, 2.05) is 6.07 Å². The summed E-state index contributed by atoms with van der Waals surface area (Å²) in [6.45, 7) is 6.15. The predicted molar refractivity (Wildman–Crippen MR) is 91.2 cm³/mol. The number of aromatic nitrogens is 2. The second-order valence-corrected chi connectivity index (χ2v) is 6.57. The van der Waals surface area contributed by atoms with Crippen LogP contribution in [0.2, 0.25) is 0 Å². The average molecular weight is 344 g/mol. The van der Waals surface area contributed by atoms with E-state index in [2.05, 4.69) is 10.4 Å². The van der Waals surface area contributed by atoms with Crippen molar-refractivity contribution in [1.82, 2.24) is 15.1 Å². The molecule has 0 bridgehead atoms. The van der Waals surface area contributed by atoms with E-state index in [-0.39, 0.29) is 12.2 Å². The van der Waals surface area contributed by atoms with Crippen molar-refractivity contribution >= 4 is 6.09 Å². The predicted octanol–water partition coefficient (Wildman–Crippen LogP) is 3.28. The number of hydrogen-bond acceptors (Lipinski definition) is 4. The van der Waals surface area contributed by atoms with Gasteiger partial charge in [0.1, 0.15) is 11.4 Å². The standard InChI is InChI=1S/C18H21FN4O2/c1-18(2,3)25-17(24)21-8-9-23-12-14(11-22-23)15-10-13(6-7-20)4-5-16(15)19/h4-5,10-12H,6,8-9H2,1-3H3,(H,21,24). The van der Waals surface area contributed by atoms with Crippen LogP contribution in [0, 0.1) is 17.1 Å². The minimum absolute atomic E-state index is 0.223. The Balaban J connectivity index is 1.98. The Labute approximate surface area is 146 Å². The number of hydrogen-bond donors (Lipinski definition) is 1. The van der Waals surface area contributed by atoms with E-state index in [0.29, 0.717) is 24.2 Å². The molecule has 1 N–H and O–H groups in total. The Bertz CT molecular complexity index is 787. The van der Waals surface area contributed by atoms with Crippen molar-refractivity contribution in [1.29, 1.82) is 5.26 Å². The fraction of sp³-hybridized carbons (Fsp3) is 0.389. The van der Waals surface area contributed by atoms with Crippen molar-refractivity contribution < 1.29 is 13.9 Å². The molecule has 2 aromatic rings. The van der Waals surface area contributed by atoms with Gasteiger partial charge in [0, 0.05) is 23.9 Å². The SMILES string of the molecule is CC(C)(C)OC(=O)NCCn1cc(-c2cc(CC#N)ccc2F)cn1. The summed E-state index contributed by atoms with van der Waals surface area (Å²) in [4.78, 5) is 11.6. The number of carbonyl (C=O) groups is 1. The van der Waals surface area contributed by atoms with E-state index in [0.717, 1.165) is 5.56 Å². The molecule has 0 radical (unpaired) electrons. The molecule has 0 fully saturated rings. The van der Waals surface area contributed by atoms with Gasteiger partial charge in [-0.2, -0.15) is 10.4 Å². The Morgan fingerprint density at radius 1 is 1.44 bits per heavy atom. The third kappa shape index (κ3) is 5.60. The lowest BCUT2D eigenvalue weighted by Crippen LogP contribution is -2.34. The zero-order valence-electron chi connectivity index (χ0n) is 14.5. The molecule has 25 heavy (non-hydrogen) atoms. The summed E-state index contributed by atoms with van der Waals surface area (Å²) in [5.41, 5.74) is 1.22. The second-order valence-electron chi connectivity index (χ2n) is 6.57. The molecule has 1 amide bonds. The molecule has 0 atom stereocenters. The lowest BCUT2D eigenvalue weighted by molar-refractivity contribution is 0.0525. The quantitative estimate of drug-likeness (QED) is 0.903. The van der Waals surface area contributed by atoms with Crippen LogP contribution in [0.15, 0.2) is 30.6 Å². The maximum Gasteiger partial charge on any atom is 0.407 e. The zero-order chi connectivity index (χ0) is 18.4. The number of nitriles is 1. The first-order chi connectivity index (χ1) is 11.8. The maximum absolute atomic E-state index is 14.0. The van der Waals surface area contributed by atoms with Crippen LogP contribution in [0.5, 0.6) is 0 Å². The van der Waals surface area contributed by atoms with Gasteiger partial charge in [0.2, 0.25) is 0 Å². The van der Waals surface area contributed by atoms with Crippen LogP contribution in [0.1, 0.15) is 26.3 Å². The number of nitrogens with zero attached hydrogens (tertiary/aromatic N) is 3. The van der Waals surface area contributed by atoms with Gasteiger partial charge in [0.15, 0.2) is 0 Å². The normalized spacial score (nSPS) is 11.0. The zero-order valence-corrected chi connectivity index (χ0v) is 14.5. The monoisotopic (exact) mass is 344 g/mol. The highest BCUT2D eigenvalue weighted by Crippen LogP contribution is 2.23. The van der Waals surface area contributed by atoms with Crippen molar-refractivity contribution in [2.45, 2.75) is 39.3 Å². The van der Waals surface area contributed by atoms with E-state index >= 15 is 0 Å². The van der Waals surface area contributed by atoms with Gasteiger partial charge in [-0.3, -0.25) is 4.68 Å². The summed E-state index contributed by atoms with van der Waals surface area (Å²) < 4.78 is 20.8. The molecule has 1 heterocycles. The smallest absolute Gasteiger partial charge is 0.407 e. The summed E-state index contributed by atoms with van der Waals surface area (Å²) >= 11 is 0. The molecule has 0 aliphatic heterocycles. The molecule has 1 aromatic carbocycles. The number of rotatable bonds is 5. The number of alkyl carbamates (subject to hydrolysis) is 1. The third-order valence-corrected chi connectivity index (χ3v) is 3.27. The van der Waals surface area contributed by atoms with Gasteiger partial charge >= 0.3 is 6.09 Å². The van der Waals surface area contributed by atoms with Gasteiger partial charge in [0.25, 0.3) is 0 Å². The number of nitrogens with one attached hydrogen (secondary N) is 1. The molecule has 0 aliphatic carbocycles. The van der Waals surface area contributed by atoms with Crippen molar-refractivity contribution in [2.75, 3.05) is 6.54 Å². The van der Waals surface area contributed by atoms with E-state index < -0.39 is 11.7 Å². The first-order valence-corrected chi connectivity index (χ1v) is 7.93. The molecular weight excluding hydrogens is 323 g/mol. The summed E-state index contributed by atoms with van der Waals surface area (Å²) in [6, 6.07) is 6.64. The second kappa shape index (κ2) is 7.79. The maximum atomic E-state index is 14.0. The van der Waals surface area contributed by atoms with Crippen LogP contribution < -0.4 is 5.32 Å². The highest BCUT2D eigenvalue weighted by atomic mass is 19.1. The lowest BCUT2D eigenvalue weighted by atomic mass is 10.0. The molecule has 2 rings (SSSR count). The molecule has 132 valence electrons. The fourth-order valence-electron chi connectivity index (χ4n) is 2.21. The topological polar surface area (TPSA) is 79.9 Å². The summed E-state index contributed by atoms with van der Waals surface area (Å²) in [6.07, 6.45) is 2.99. The van der Waals surface area contributed by atoms with Crippen molar-refractivity contribution in [3.05, 3.63) is 42.0 Å². The van der Waals surface area contributed by atoms with Gasteiger partial charge < -0.3 is 10.1 Å². The van der Waals surface area contributed by atoms with Gasteiger partial charge in [-0.05, 0) is 38.5 Å². The first-order valence-electron chi connectivity index (χ1n) is 7.93. The van der Waals surface area contributed by atoms with Crippen molar-refractivity contribution in [3.63, 3.8) is 0 Å². The molecule has 7 heteroatoms. The number of carbonyl (C=O) groups excluding carboxylic acids is 1. The Morgan fingerprint density at radius 3 is 2.88 bits per heavy atom. The molecular formula is C18H21FN4O2. The summed E-state index contributed by atoms with van der Waals surface area (Å²) in [7, 11) is 0. The third-order valence-electron chi connectivity index (χ3n) is 3.27. The number of benzene rings is 1.